The third kappa shape index (κ3) is 2.63. The van der Waals surface area contributed by atoms with Gasteiger partial charge in [0.1, 0.15) is 0 Å². The van der Waals surface area contributed by atoms with E-state index >= 15 is 0 Å². The summed E-state index contributed by atoms with van der Waals surface area (Å²) in [5, 5.41) is 5.24. The molecule has 0 atom stereocenters. The highest BCUT2D eigenvalue weighted by Gasteiger charge is 2.16. The number of H-pyrrole nitrogens is 2. The molecule has 112 valence electrons. The Labute approximate surface area is 126 Å². The lowest BCUT2D eigenvalue weighted by Gasteiger charge is -2.01. The normalized spacial score (nSPS) is 14.3. The van der Waals surface area contributed by atoms with Crippen molar-refractivity contribution in [1.29, 1.82) is 0 Å². The van der Waals surface area contributed by atoms with Gasteiger partial charge in [-0.3, -0.25) is 19.7 Å². The third-order valence-electron chi connectivity index (χ3n) is 3.38. The number of allylic oxidation sites excluding steroid dienone is 1. The first kappa shape index (κ1) is 14.1. The molecule has 3 rings (SSSR count). The third-order valence-corrected chi connectivity index (χ3v) is 3.38. The van der Waals surface area contributed by atoms with Crippen LogP contribution in [-0.4, -0.2) is 29.0 Å². The molecule has 22 heavy (non-hydrogen) atoms. The first-order chi connectivity index (χ1) is 10.7. The lowest BCUT2D eigenvalue weighted by molar-refractivity contribution is -0.142. The van der Waals surface area contributed by atoms with Crippen LogP contribution in [0, 0.1) is 0 Å². The van der Waals surface area contributed by atoms with Crippen LogP contribution in [-0.2, 0) is 16.0 Å². The number of ether oxygens (including phenoxy) is 1. The van der Waals surface area contributed by atoms with E-state index in [9.17, 15) is 9.59 Å². The summed E-state index contributed by atoms with van der Waals surface area (Å²) < 4.78 is 4.91. The number of aliphatic imine (C=N–C) groups is 1. The molecule has 0 spiro atoms. The number of fused-ring (bicyclic) bond motifs is 1. The first-order valence-electron chi connectivity index (χ1n) is 6.99. The van der Waals surface area contributed by atoms with Gasteiger partial charge in [-0.15, -0.1) is 0 Å². The summed E-state index contributed by atoms with van der Waals surface area (Å²) >= 11 is 0. The summed E-state index contributed by atoms with van der Waals surface area (Å²) in [7, 11) is 0. The Kier molecular flexibility index (Phi) is 3.74. The second-order valence-electron chi connectivity index (χ2n) is 4.83. The van der Waals surface area contributed by atoms with Gasteiger partial charge in [0.25, 0.3) is 5.56 Å². The van der Waals surface area contributed by atoms with Gasteiger partial charge in [-0.25, -0.2) is 0 Å². The number of benzene rings is 1. The largest absolute Gasteiger partial charge is 0.466 e. The van der Waals surface area contributed by atoms with Gasteiger partial charge in [0.05, 0.1) is 30.0 Å². The van der Waals surface area contributed by atoms with E-state index in [2.05, 4.69) is 15.2 Å². The lowest BCUT2D eigenvalue weighted by atomic mass is 10.0. The molecule has 6 nitrogen and oxygen atoms in total. The molecule has 1 aromatic carbocycles. The van der Waals surface area contributed by atoms with Crippen molar-refractivity contribution in [2.75, 3.05) is 6.61 Å². The van der Waals surface area contributed by atoms with Crippen LogP contribution in [0.3, 0.4) is 0 Å². The van der Waals surface area contributed by atoms with Gasteiger partial charge in [-0.1, -0.05) is 18.2 Å². The molecule has 2 heterocycles. The fourth-order valence-corrected chi connectivity index (χ4v) is 2.36. The van der Waals surface area contributed by atoms with Crippen molar-refractivity contribution in [3.63, 3.8) is 0 Å². The van der Waals surface area contributed by atoms with Crippen molar-refractivity contribution in [3.8, 4) is 0 Å². The Morgan fingerprint density at radius 1 is 1.32 bits per heavy atom. The summed E-state index contributed by atoms with van der Waals surface area (Å²) in [6, 6.07) is 7.68. The molecule has 0 saturated carbocycles. The van der Waals surface area contributed by atoms with Gasteiger partial charge in [0.15, 0.2) is 0 Å². The van der Waals surface area contributed by atoms with E-state index in [0.717, 1.165) is 16.8 Å². The number of nitrogens with one attached hydrogen (secondary N) is 2. The average Bonchev–Trinajstić information content (AvgIpc) is 3.06. The van der Waals surface area contributed by atoms with Crippen molar-refractivity contribution in [3.05, 3.63) is 51.4 Å². The number of para-hydroxylation sites is 1. The van der Waals surface area contributed by atoms with Crippen LogP contribution in [0.15, 0.2) is 34.1 Å². The topological polar surface area (TPSA) is 87.3 Å². The minimum atomic E-state index is -0.377. The van der Waals surface area contributed by atoms with Crippen LogP contribution in [0.25, 0.3) is 11.6 Å². The molecule has 0 unspecified atom stereocenters. The van der Waals surface area contributed by atoms with Gasteiger partial charge in [0.2, 0.25) is 0 Å². The quantitative estimate of drug-likeness (QED) is 0.847. The van der Waals surface area contributed by atoms with E-state index in [1.807, 2.05) is 24.3 Å². The molecule has 0 bridgehead atoms. The second-order valence-corrected chi connectivity index (χ2v) is 4.83. The minimum absolute atomic E-state index is 0.0183. The van der Waals surface area contributed by atoms with Gasteiger partial charge in [-0.2, -0.15) is 0 Å². The SMILES string of the molecule is CCOC(=O)Cc1[nH][nH]c(=O)c1/C=C1/C=Nc2ccccc21. The van der Waals surface area contributed by atoms with Crippen LogP contribution in [0.2, 0.25) is 0 Å². The predicted octanol–water partition coefficient (Wildman–Crippen LogP) is 2.07. The molecule has 0 amide bonds. The highest BCUT2D eigenvalue weighted by molar-refractivity contribution is 6.21. The summed E-state index contributed by atoms with van der Waals surface area (Å²) in [4.78, 5) is 27.9. The Balaban J connectivity index is 1.95. The highest BCUT2D eigenvalue weighted by Crippen LogP contribution is 2.31. The fourth-order valence-electron chi connectivity index (χ4n) is 2.36. The Morgan fingerprint density at radius 2 is 2.14 bits per heavy atom. The Bertz CT molecular complexity index is 827. The van der Waals surface area contributed by atoms with E-state index in [4.69, 9.17) is 4.74 Å². The number of carbonyl (C=O) groups excluding carboxylic acids is 1. The first-order valence-corrected chi connectivity index (χ1v) is 6.99. The maximum Gasteiger partial charge on any atom is 0.311 e. The van der Waals surface area contributed by atoms with Gasteiger partial charge < -0.3 is 9.84 Å². The van der Waals surface area contributed by atoms with Crippen LogP contribution < -0.4 is 5.56 Å². The zero-order valence-corrected chi connectivity index (χ0v) is 12.1. The molecule has 0 fully saturated rings. The second kappa shape index (κ2) is 5.85. The Morgan fingerprint density at radius 3 is 2.95 bits per heavy atom. The smallest absolute Gasteiger partial charge is 0.311 e. The fraction of sp³-hybridized carbons (Fsp3) is 0.188. The van der Waals surface area contributed by atoms with Gasteiger partial charge >= 0.3 is 5.97 Å². The molecule has 0 aliphatic carbocycles. The monoisotopic (exact) mass is 297 g/mol. The van der Waals surface area contributed by atoms with Gasteiger partial charge in [-0.05, 0) is 19.1 Å². The number of aromatic amines is 2. The lowest BCUT2D eigenvalue weighted by Crippen LogP contribution is -2.10. The van der Waals surface area contributed by atoms with E-state index in [1.54, 1.807) is 19.2 Å². The summed E-state index contributed by atoms with van der Waals surface area (Å²) in [5.74, 6) is -0.377. The van der Waals surface area contributed by atoms with Crippen molar-refractivity contribution in [2.24, 2.45) is 4.99 Å². The zero-order chi connectivity index (χ0) is 15.5. The number of hydrogen-bond donors (Lipinski definition) is 2. The summed E-state index contributed by atoms with van der Waals surface area (Å²) in [6.07, 6.45) is 3.47. The van der Waals surface area contributed by atoms with Gasteiger partial charge in [0, 0.05) is 17.4 Å². The molecule has 6 heteroatoms. The van der Waals surface area contributed by atoms with Crippen molar-refractivity contribution in [2.45, 2.75) is 13.3 Å². The van der Waals surface area contributed by atoms with E-state index < -0.39 is 0 Å². The molecular weight excluding hydrogens is 282 g/mol. The molecule has 1 aromatic heterocycles. The number of rotatable bonds is 4. The summed E-state index contributed by atoms with van der Waals surface area (Å²) in [6.45, 7) is 2.05. The van der Waals surface area contributed by atoms with E-state index in [1.165, 1.54) is 0 Å². The summed E-state index contributed by atoms with van der Waals surface area (Å²) in [5.41, 5.74) is 3.33. The number of carbonyl (C=O) groups is 1. The molecule has 0 radical (unpaired) electrons. The maximum atomic E-state index is 12.0. The number of nitrogens with zero attached hydrogens (tertiary/aromatic N) is 1. The van der Waals surface area contributed by atoms with Crippen LogP contribution in [0.5, 0.6) is 0 Å². The Hall–Kier alpha value is -2.89. The standard InChI is InChI=1S/C16H15N3O3/c1-2-22-15(20)8-14-12(16(21)19-18-14)7-10-9-17-13-6-4-3-5-11(10)13/h3-7,9H,2,8H2,1H3,(H2,18,19,21)/b10-7-. The van der Waals surface area contributed by atoms with Crippen molar-refractivity contribution in [1.82, 2.24) is 10.2 Å². The van der Waals surface area contributed by atoms with Crippen molar-refractivity contribution < 1.29 is 9.53 Å². The predicted molar refractivity (Wildman–Crippen MR) is 84.2 cm³/mol. The molecule has 2 N–H and O–H groups in total. The van der Waals surface area contributed by atoms with Crippen LogP contribution in [0.4, 0.5) is 5.69 Å². The maximum absolute atomic E-state index is 12.0. The minimum Gasteiger partial charge on any atom is -0.466 e. The molecule has 1 aliphatic rings. The van der Waals surface area contributed by atoms with E-state index in [-0.39, 0.29) is 17.9 Å². The van der Waals surface area contributed by atoms with E-state index in [0.29, 0.717) is 17.9 Å². The molecular formula is C16H15N3O3. The van der Waals surface area contributed by atoms with Crippen LogP contribution in [0.1, 0.15) is 23.7 Å². The zero-order valence-electron chi connectivity index (χ0n) is 12.1. The highest BCUT2D eigenvalue weighted by atomic mass is 16.5. The number of aromatic nitrogens is 2. The molecule has 2 aromatic rings. The average molecular weight is 297 g/mol. The molecule has 0 saturated heterocycles. The molecule has 1 aliphatic heterocycles. The van der Waals surface area contributed by atoms with Crippen molar-refractivity contribution >= 4 is 29.5 Å². The van der Waals surface area contributed by atoms with Crippen LogP contribution >= 0.6 is 0 Å². The number of hydrogen-bond acceptors (Lipinski definition) is 4. The number of esters is 1.